The standard InChI is InChI=1S/C15H15N3O2/c1-9-5-6-10(14(17)19)8-13(9)18-15(20)11-3-2-4-12(16)7-11/h2-8H,16H2,1H3,(H2,17,19)(H,18,20). The predicted molar refractivity (Wildman–Crippen MR) is 78.5 cm³/mol. The van der Waals surface area contributed by atoms with E-state index in [1.165, 1.54) is 0 Å². The lowest BCUT2D eigenvalue weighted by Crippen LogP contribution is -2.15. The molecular weight excluding hydrogens is 254 g/mol. The van der Waals surface area contributed by atoms with Crippen molar-refractivity contribution in [1.82, 2.24) is 0 Å². The van der Waals surface area contributed by atoms with Crippen LogP contribution in [0.3, 0.4) is 0 Å². The van der Waals surface area contributed by atoms with Gasteiger partial charge in [-0.25, -0.2) is 0 Å². The van der Waals surface area contributed by atoms with Crippen LogP contribution in [0.4, 0.5) is 11.4 Å². The van der Waals surface area contributed by atoms with E-state index >= 15 is 0 Å². The number of nitrogens with one attached hydrogen (secondary N) is 1. The van der Waals surface area contributed by atoms with Crippen molar-refractivity contribution >= 4 is 23.2 Å². The lowest BCUT2D eigenvalue weighted by atomic mass is 10.1. The SMILES string of the molecule is Cc1ccc(C(N)=O)cc1NC(=O)c1cccc(N)c1. The minimum Gasteiger partial charge on any atom is -0.399 e. The van der Waals surface area contributed by atoms with Gasteiger partial charge in [0.15, 0.2) is 0 Å². The van der Waals surface area contributed by atoms with Gasteiger partial charge < -0.3 is 16.8 Å². The van der Waals surface area contributed by atoms with Gasteiger partial charge in [0.2, 0.25) is 5.91 Å². The maximum Gasteiger partial charge on any atom is 0.255 e. The first-order valence-electron chi connectivity index (χ1n) is 6.04. The second kappa shape index (κ2) is 5.44. The molecule has 5 heteroatoms. The van der Waals surface area contributed by atoms with Crippen molar-refractivity contribution in [2.75, 3.05) is 11.1 Å². The van der Waals surface area contributed by atoms with Crippen LogP contribution in [0.1, 0.15) is 26.3 Å². The summed E-state index contributed by atoms with van der Waals surface area (Å²) < 4.78 is 0. The molecule has 0 saturated heterocycles. The molecule has 0 heterocycles. The van der Waals surface area contributed by atoms with Crippen LogP contribution in [-0.4, -0.2) is 11.8 Å². The van der Waals surface area contributed by atoms with Crippen molar-refractivity contribution in [2.24, 2.45) is 5.73 Å². The van der Waals surface area contributed by atoms with Gasteiger partial charge in [0.1, 0.15) is 0 Å². The summed E-state index contributed by atoms with van der Waals surface area (Å²) >= 11 is 0. The molecule has 0 saturated carbocycles. The number of benzene rings is 2. The van der Waals surface area contributed by atoms with Gasteiger partial charge >= 0.3 is 0 Å². The molecule has 0 bridgehead atoms. The first-order valence-corrected chi connectivity index (χ1v) is 6.04. The number of aryl methyl sites for hydroxylation is 1. The first kappa shape index (κ1) is 13.6. The summed E-state index contributed by atoms with van der Waals surface area (Å²) in [6, 6.07) is 11.6. The number of nitrogen functional groups attached to an aromatic ring is 1. The van der Waals surface area contributed by atoms with Crippen molar-refractivity contribution < 1.29 is 9.59 Å². The summed E-state index contributed by atoms with van der Waals surface area (Å²) in [5.74, 6) is -0.827. The van der Waals surface area contributed by atoms with Crippen LogP contribution >= 0.6 is 0 Å². The fourth-order valence-corrected chi connectivity index (χ4v) is 1.78. The van der Waals surface area contributed by atoms with Crippen LogP contribution < -0.4 is 16.8 Å². The Kier molecular flexibility index (Phi) is 3.70. The number of primary amides is 1. The van der Waals surface area contributed by atoms with E-state index in [4.69, 9.17) is 11.5 Å². The number of rotatable bonds is 3. The Morgan fingerprint density at radius 1 is 1.05 bits per heavy atom. The first-order chi connectivity index (χ1) is 9.47. The highest BCUT2D eigenvalue weighted by molar-refractivity contribution is 6.05. The van der Waals surface area contributed by atoms with Crippen LogP contribution in [0.5, 0.6) is 0 Å². The third-order valence-electron chi connectivity index (χ3n) is 2.92. The van der Waals surface area contributed by atoms with E-state index in [0.29, 0.717) is 22.5 Å². The third-order valence-corrected chi connectivity index (χ3v) is 2.92. The van der Waals surface area contributed by atoms with E-state index in [9.17, 15) is 9.59 Å². The zero-order valence-electron chi connectivity index (χ0n) is 11.0. The third kappa shape index (κ3) is 2.95. The van der Waals surface area contributed by atoms with E-state index in [0.717, 1.165) is 5.56 Å². The van der Waals surface area contributed by atoms with Crippen molar-refractivity contribution in [2.45, 2.75) is 6.92 Å². The molecule has 0 aliphatic heterocycles. The fourth-order valence-electron chi connectivity index (χ4n) is 1.78. The van der Waals surface area contributed by atoms with Crippen LogP contribution in [0.15, 0.2) is 42.5 Å². The summed E-state index contributed by atoms with van der Waals surface area (Å²) in [6.45, 7) is 1.83. The van der Waals surface area contributed by atoms with Crippen molar-refractivity contribution in [3.8, 4) is 0 Å². The Bertz CT molecular complexity index is 681. The molecule has 2 amide bonds. The van der Waals surface area contributed by atoms with E-state index < -0.39 is 5.91 Å². The average Bonchev–Trinajstić information content (AvgIpc) is 2.41. The van der Waals surface area contributed by atoms with Crippen LogP contribution in [0.25, 0.3) is 0 Å². The van der Waals surface area contributed by atoms with E-state index in [1.54, 1.807) is 42.5 Å². The Hall–Kier alpha value is -2.82. The molecule has 0 spiro atoms. The molecule has 2 aromatic carbocycles. The second-order valence-electron chi connectivity index (χ2n) is 4.47. The highest BCUT2D eigenvalue weighted by Gasteiger charge is 2.10. The second-order valence-corrected chi connectivity index (χ2v) is 4.47. The smallest absolute Gasteiger partial charge is 0.255 e. The summed E-state index contributed by atoms with van der Waals surface area (Å²) in [5, 5.41) is 2.75. The minimum atomic E-state index is -0.538. The van der Waals surface area contributed by atoms with Crippen LogP contribution in [0.2, 0.25) is 0 Å². The Labute approximate surface area is 116 Å². The number of hydrogen-bond acceptors (Lipinski definition) is 3. The molecule has 5 N–H and O–H groups in total. The zero-order chi connectivity index (χ0) is 14.7. The predicted octanol–water partition coefficient (Wildman–Crippen LogP) is 1.93. The van der Waals surface area contributed by atoms with E-state index in [-0.39, 0.29) is 5.91 Å². The Balaban J connectivity index is 2.27. The van der Waals surface area contributed by atoms with E-state index in [2.05, 4.69) is 5.32 Å². The van der Waals surface area contributed by atoms with Gasteiger partial charge in [0.05, 0.1) is 0 Å². The normalized spacial score (nSPS) is 10.1. The Morgan fingerprint density at radius 3 is 2.45 bits per heavy atom. The van der Waals surface area contributed by atoms with Gasteiger partial charge in [0.25, 0.3) is 5.91 Å². The zero-order valence-corrected chi connectivity index (χ0v) is 11.0. The maximum absolute atomic E-state index is 12.1. The summed E-state index contributed by atoms with van der Waals surface area (Å²) in [7, 11) is 0. The lowest BCUT2D eigenvalue weighted by Gasteiger charge is -2.10. The largest absolute Gasteiger partial charge is 0.399 e. The van der Waals surface area contributed by atoms with Gasteiger partial charge in [-0.15, -0.1) is 0 Å². The number of amides is 2. The quantitative estimate of drug-likeness (QED) is 0.742. The molecule has 0 atom stereocenters. The topological polar surface area (TPSA) is 98.2 Å². The molecular formula is C15H15N3O2. The molecule has 20 heavy (non-hydrogen) atoms. The number of carbonyl (C=O) groups excluding carboxylic acids is 2. The number of hydrogen-bond donors (Lipinski definition) is 3. The molecule has 5 nitrogen and oxygen atoms in total. The van der Waals surface area contributed by atoms with Gasteiger partial charge in [-0.2, -0.15) is 0 Å². The summed E-state index contributed by atoms with van der Waals surface area (Å²) in [5.41, 5.74) is 13.6. The average molecular weight is 269 g/mol. The van der Waals surface area contributed by atoms with Gasteiger partial charge in [-0.3, -0.25) is 9.59 Å². The number of nitrogens with two attached hydrogens (primary N) is 2. The van der Waals surface area contributed by atoms with Crippen LogP contribution in [-0.2, 0) is 0 Å². The monoisotopic (exact) mass is 269 g/mol. The van der Waals surface area contributed by atoms with Crippen molar-refractivity contribution in [1.29, 1.82) is 0 Å². The molecule has 2 rings (SSSR count). The fraction of sp³-hybridized carbons (Fsp3) is 0.0667. The minimum absolute atomic E-state index is 0.290. The molecule has 102 valence electrons. The van der Waals surface area contributed by atoms with Crippen molar-refractivity contribution in [3.63, 3.8) is 0 Å². The highest BCUT2D eigenvalue weighted by Crippen LogP contribution is 2.18. The Morgan fingerprint density at radius 2 is 1.80 bits per heavy atom. The van der Waals surface area contributed by atoms with Gasteiger partial charge in [-0.1, -0.05) is 12.1 Å². The van der Waals surface area contributed by atoms with Crippen molar-refractivity contribution in [3.05, 3.63) is 59.2 Å². The number of anilines is 2. The van der Waals surface area contributed by atoms with Crippen LogP contribution in [0, 0.1) is 6.92 Å². The molecule has 0 aliphatic carbocycles. The lowest BCUT2D eigenvalue weighted by molar-refractivity contribution is 0.0996. The molecule has 0 unspecified atom stereocenters. The summed E-state index contributed by atoms with van der Waals surface area (Å²) in [4.78, 5) is 23.3. The number of carbonyl (C=O) groups is 2. The molecule has 2 aromatic rings. The van der Waals surface area contributed by atoms with Gasteiger partial charge in [0, 0.05) is 22.5 Å². The molecule has 0 aromatic heterocycles. The molecule has 0 fully saturated rings. The van der Waals surface area contributed by atoms with Gasteiger partial charge in [-0.05, 0) is 42.8 Å². The maximum atomic E-state index is 12.1. The molecule has 0 radical (unpaired) electrons. The van der Waals surface area contributed by atoms with E-state index in [1.807, 2.05) is 6.92 Å². The highest BCUT2D eigenvalue weighted by atomic mass is 16.2. The summed E-state index contributed by atoms with van der Waals surface area (Å²) in [6.07, 6.45) is 0. The molecule has 0 aliphatic rings.